The third-order valence-electron chi connectivity index (χ3n) is 13.7. The van der Waals surface area contributed by atoms with Crippen molar-refractivity contribution in [2.45, 2.75) is 6.29 Å². The molecule has 0 fully saturated rings. The van der Waals surface area contributed by atoms with Crippen LogP contribution in [0.1, 0.15) is 17.4 Å². The van der Waals surface area contributed by atoms with E-state index in [1.807, 2.05) is 11.3 Å². The fourth-order valence-electron chi connectivity index (χ4n) is 10.6. The molecule has 4 nitrogen and oxygen atoms in total. The molecule has 14 rings (SSSR count). The molecule has 1 aliphatic rings. The molecule has 13 aromatic rings. The number of aliphatic imine (C=N–C) groups is 1. The molecule has 0 saturated heterocycles. The van der Waals surface area contributed by atoms with Crippen LogP contribution in [-0.2, 0) is 0 Å². The van der Waals surface area contributed by atoms with Gasteiger partial charge >= 0.3 is 0 Å². The van der Waals surface area contributed by atoms with E-state index >= 15 is 0 Å². The molecule has 1 aliphatic heterocycles. The number of rotatable bonds is 6. The molecule has 10 aromatic carbocycles. The molecular weight excluding hydrogens is 833 g/mol. The van der Waals surface area contributed by atoms with Gasteiger partial charge in [0.05, 0.1) is 28.6 Å². The van der Waals surface area contributed by atoms with Gasteiger partial charge in [0.2, 0.25) is 0 Å². The Balaban J connectivity index is 0.996. The van der Waals surface area contributed by atoms with Crippen molar-refractivity contribution in [2.75, 3.05) is 0 Å². The second kappa shape index (κ2) is 15.0. The molecule has 67 heavy (non-hydrogen) atoms. The second-order valence-electron chi connectivity index (χ2n) is 17.4. The first-order chi connectivity index (χ1) is 33.2. The lowest BCUT2D eigenvalue weighted by Gasteiger charge is -2.39. The largest absolute Gasteiger partial charge is 0.646 e. The maximum absolute atomic E-state index is 5.78. The number of aromatic nitrogens is 2. The number of nitrogens with zero attached hydrogens (tertiary/aromatic N) is 4. The minimum Gasteiger partial charge on any atom is -0.646 e. The van der Waals surface area contributed by atoms with Gasteiger partial charge in [-0.1, -0.05) is 188 Å². The van der Waals surface area contributed by atoms with E-state index in [1.54, 1.807) is 0 Å². The normalized spacial score (nSPS) is 13.7. The van der Waals surface area contributed by atoms with Gasteiger partial charge in [-0.25, -0.2) is 0 Å². The molecule has 1 atom stereocenters. The third-order valence-corrected chi connectivity index (χ3v) is 14.9. The molecule has 0 bridgehead atoms. The van der Waals surface area contributed by atoms with E-state index in [1.165, 1.54) is 86.1 Å². The van der Waals surface area contributed by atoms with Crippen molar-refractivity contribution in [1.82, 2.24) is 9.13 Å². The Hall–Kier alpha value is -8.51. The minimum atomic E-state index is -0.564. The number of para-hydroxylation sites is 2. The first-order valence-corrected chi connectivity index (χ1v) is 23.7. The molecule has 0 radical (unpaired) electrons. The summed E-state index contributed by atoms with van der Waals surface area (Å²) in [7, 11) is 0. The lowest BCUT2D eigenvalue weighted by molar-refractivity contribution is 0.657. The highest BCUT2D eigenvalue weighted by Gasteiger charge is 2.25. The van der Waals surface area contributed by atoms with Crippen LogP contribution in [0.2, 0.25) is 0 Å². The smallest absolute Gasteiger partial charge is 0.0727 e. The van der Waals surface area contributed by atoms with Crippen LogP contribution in [0.25, 0.3) is 108 Å². The van der Waals surface area contributed by atoms with Gasteiger partial charge in [-0.15, -0.1) is 17.0 Å². The molecule has 0 spiro atoms. The molecule has 0 amide bonds. The van der Waals surface area contributed by atoms with E-state index in [4.69, 9.17) is 10.3 Å². The van der Waals surface area contributed by atoms with Crippen molar-refractivity contribution in [2.24, 2.45) is 4.99 Å². The van der Waals surface area contributed by atoms with Gasteiger partial charge in [0.1, 0.15) is 0 Å². The SMILES string of the molecule is c1ccc(-c2ccc(C3=NC(n4c5ccc(-c6cccc7c6c6ccccc6n7-c6ccccc6)cc5c5ccc6ccccc6c54)[N-]c4ccc5cc(-c6ccccc6)sc5c43)cc2)cc1. The zero-order valence-electron chi connectivity index (χ0n) is 36.2. The van der Waals surface area contributed by atoms with Crippen LogP contribution in [-0.4, -0.2) is 14.8 Å². The Morgan fingerprint density at radius 3 is 1.91 bits per heavy atom. The predicted octanol–water partition coefficient (Wildman–Crippen LogP) is 17.3. The predicted molar refractivity (Wildman–Crippen MR) is 284 cm³/mol. The maximum atomic E-state index is 5.78. The number of hydrogen-bond donors (Lipinski definition) is 0. The van der Waals surface area contributed by atoms with Gasteiger partial charge in [-0.05, 0) is 81.1 Å². The van der Waals surface area contributed by atoms with Gasteiger partial charge in [0.25, 0.3) is 0 Å². The lowest BCUT2D eigenvalue weighted by Crippen LogP contribution is -2.16. The molecule has 0 saturated carbocycles. The van der Waals surface area contributed by atoms with E-state index in [9.17, 15) is 0 Å². The summed E-state index contributed by atoms with van der Waals surface area (Å²) in [5.41, 5.74) is 15.8. The first-order valence-electron chi connectivity index (χ1n) is 22.8. The summed E-state index contributed by atoms with van der Waals surface area (Å²) in [6, 6.07) is 83.4. The zero-order valence-corrected chi connectivity index (χ0v) is 37.0. The summed E-state index contributed by atoms with van der Waals surface area (Å²) in [5, 5.41) is 14.0. The molecule has 1 unspecified atom stereocenters. The van der Waals surface area contributed by atoms with Crippen LogP contribution in [0.15, 0.2) is 236 Å². The molecule has 0 N–H and O–H groups in total. The van der Waals surface area contributed by atoms with Crippen molar-refractivity contribution in [3.63, 3.8) is 0 Å². The number of benzene rings is 10. The standard InChI is InChI=1S/C62H39N4S/c1-4-15-39(16-5-1)40-27-29-43(30-28-40)59-58-52(35-32-45-38-56(67-61(45)58)42-18-6-2-7-19-42)63-62(64-59)66-54-36-33-44(37-51(54)49-34-31-41-17-10-11-22-48(41)60(49)66)47-24-14-26-55-57(47)50-23-12-13-25-53(50)65(55)46-20-8-3-9-21-46/h1-38,62H/q-1. The highest BCUT2D eigenvalue weighted by Crippen LogP contribution is 2.49. The van der Waals surface area contributed by atoms with E-state index in [-0.39, 0.29) is 0 Å². The van der Waals surface area contributed by atoms with Gasteiger partial charge < -0.3 is 14.5 Å². The fraction of sp³-hybridized carbons (Fsp3) is 0.0161. The summed E-state index contributed by atoms with van der Waals surface area (Å²) >= 11 is 1.82. The van der Waals surface area contributed by atoms with Crippen LogP contribution < -0.4 is 0 Å². The van der Waals surface area contributed by atoms with E-state index in [0.29, 0.717) is 0 Å². The maximum Gasteiger partial charge on any atom is 0.0727 e. The van der Waals surface area contributed by atoms with Gasteiger partial charge in [0.15, 0.2) is 0 Å². The Kier molecular flexibility index (Phi) is 8.48. The summed E-state index contributed by atoms with van der Waals surface area (Å²) in [6.45, 7) is 0. The molecule has 5 heteroatoms. The average molecular weight is 872 g/mol. The Morgan fingerprint density at radius 2 is 1.09 bits per heavy atom. The summed E-state index contributed by atoms with van der Waals surface area (Å²) in [5.74, 6) is 0. The van der Waals surface area contributed by atoms with E-state index < -0.39 is 6.29 Å². The Morgan fingerprint density at radius 1 is 0.433 bits per heavy atom. The number of hydrogen-bond acceptors (Lipinski definition) is 2. The van der Waals surface area contributed by atoms with Crippen LogP contribution in [0.4, 0.5) is 5.69 Å². The van der Waals surface area contributed by atoms with E-state index in [0.717, 1.165) is 39.2 Å². The average Bonchev–Trinajstić information content (AvgIpc) is 4.10. The fourth-order valence-corrected chi connectivity index (χ4v) is 11.8. The Labute approximate surface area is 391 Å². The third kappa shape index (κ3) is 5.95. The summed E-state index contributed by atoms with van der Waals surface area (Å²) in [4.78, 5) is 7.01. The molecule has 0 aliphatic carbocycles. The molecular formula is C62H39N4S-. The molecule has 314 valence electrons. The van der Waals surface area contributed by atoms with Crippen molar-refractivity contribution in [3.8, 4) is 38.4 Å². The quantitative estimate of drug-likeness (QED) is 0.160. The van der Waals surface area contributed by atoms with Gasteiger partial charge in [-0.3, -0.25) is 4.99 Å². The summed E-state index contributed by atoms with van der Waals surface area (Å²) < 4.78 is 5.99. The zero-order chi connectivity index (χ0) is 44.0. The summed E-state index contributed by atoms with van der Waals surface area (Å²) in [6.07, 6.45) is -0.564. The highest BCUT2D eigenvalue weighted by molar-refractivity contribution is 7.22. The number of fused-ring (bicyclic) bond motifs is 11. The topological polar surface area (TPSA) is 36.3 Å². The lowest BCUT2D eigenvalue weighted by atomic mass is 9.95. The van der Waals surface area contributed by atoms with Crippen molar-refractivity contribution < 1.29 is 0 Å². The van der Waals surface area contributed by atoms with Crippen molar-refractivity contribution >= 4 is 87.2 Å². The monoisotopic (exact) mass is 871 g/mol. The van der Waals surface area contributed by atoms with Crippen molar-refractivity contribution in [1.29, 1.82) is 0 Å². The van der Waals surface area contributed by atoms with E-state index in [2.05, 4.69) is 240 Å². The first kappa shape index (κ1) is 37.8. The minimum absolute atomic E-state index is 0.564. The van der Waals surface area contributed by atoms with Crippen LogP contribution in [0.3, 0.4) is 0 Å². The van der Waals surface area contributed by atoms with Crippen LogP contribution >= 0.6 is 11.3 Å². The van der Waals surface area contributed by atoms with Gasteiger partial charge in [0, 0.05) is 58.8 Å². The Bertz CT molecular complexity index is 4100. The second-order valence-corrected chi connectivity index (χ2v) is 18.5. The molecule has 3 aromatic heterocycles. The highest BCUT2D eigenvalue weighted by atomic mass is 32.1. The number of thiophene rings is 1. The van der Waals surface area contributed by atoms with Crippen molar-refractivity contribution in [3.05, 3.63) is 247 Å². The van der Waals surface area contributed by atoms with Crippen LogP contribution in [0, 0.1) is 0 Å². The molecule has 4 heterocycles. The van der Waals surface area contributed by atoms with Gasteiger partial charge in [-0.2, -0.15) is 0 Å². The van der Waals surface area contributed by atoms with Crippen LogP contribution in [0.5, 0.6) is 0 Å².